The van der Waals surface area contributed by atoms with Crippen molar-refractivity contribution in [2.24, 2.45) is 0 Å². The van der Waals surface area contributed by atoms with Crippen LogP contribution in [0.4, 0.5) is 13.2 Å². The van der Waals surface area contributed by atoms with Crippen molar-refractivity contribution in [2.75, 3.05) is 6.61 Å². The normalized spacial score (nSPS) is 13.8. The van der Waals surface area contributed by atoms with E-state index in [4.69, 9.17) is 5.11 Å². The second kappa shape index (κ2) is 6.27. The average Bonchev–Trinajstić information content (AvgIpc) is 2.35. The van der Waals surface area contributed by atoms with E-state index in [-0.39, 0.29) is 12.0 Å². The Balaban J connectivity index is 2.97. The van der Waals surface area contributed by atoms with Crippen LogP contribution in [0.25, 0.3) is 0 Å². The van der Waals surface area contributed by atoms with Crippen LogP contribution in [0.2, 0.25) is 0 Å². The number of allylic oxidation sites excluding steroid dienone is 1. The summed E-state index contributed by atoms with van der Waals surface area (Å²) in [5, 5.41) is 9.14. The van der Waals surface area contributed by atoms with Gasteiger partial charge in [0.25, 0.3) is 0 Å². The summed E-state index contributed by atoms with van der Waals surface area (Å²) in [6.07, 6.45) is 0.0938. The maximum atomic E-state index is 12.2. The maximum Gasteiger partial charge on any atom is 0.534 e. The summed E-state index contributed by atoms with van der Waals surface area (Å²) in [6, 6.07) is 8.58. The lowest BCUT2D eigenvalue weighted by Crippen LogP contribution is -2.25. The molecule has 0 unspecified atom stereocenters. The third-order valence-corrected chi connectivity index (χ3v) is 3.50. The number of hydrogen-bond acceptors (Lipinski definition) is 4. The molecule has 112 valence electrons. The fraction of sp³-hybridized carbons (Fsp3) is 0.333. The molecule has 0 fully saturated rings. The number of alkyl halides is 3. The van der Waals surface area contributed by atoms with E-state index >= 15 is 0 Å². The van der Waals surface area contributed by atoms with Crippen LogP contribution in [-0.4, -0.2) is 25.6 Å². The first-order valence-corrected chi connectivity index (χ1v) is 6.92. The zero-order valence-electron chi connectivity index (χ0n) is 10.5. The SMILES string of the molecule is C/C(OS(=O)(=O)C(F)(F)F)=C(/CO)Cc1ccccc1. The highest BCUT2D eigenvalue weighted by atomic mass is 32.2. The average molecular weight is 310 g/mol. The predicted octanol–water partition coefficient (Wildman–Crippen LogP) is 2.36. The highest BCUT2D eigenvalue weighted by Crippen LogP contribution is 2.27. The van der Waals surface area contributed by atoms with Gasteiger partial charge < -0.3 is 9.29 Å². The van der Waals surface area contributed by atoms with Crippen molar-refractivity contribution in [2.45, 2.75) is 18.9 Å². The first kappa shape index (κ1) is 16.5. The molecule has 20 heavy (non-hydrogen) atoms. The second-order valence-electron chi connectivity index (χ2n) is 3.96. The zero-order valence-corrected chi connectivity index (χ0v) is 11.3. The first-order chi connectivity index (χ1) is 9.17. The topological polar surface area (TPSA) is 63.6 Å². The Morgan fingerprint density at radius 2 is 1.80 bits per heavy atom. The van der Waals surface area contributed by atoms with Crippen LogP contribution < -0.4 is 0 Å². The number of benzene rings is 1. The van der Waals surface area contributed by atoms with Crippen molar-refractivity contribution >= 4 is 10.1 Å². The molecule has 1 rings (SSSR count). The Bertz CT molecular complexity index is 576. The maximum absolute atomic E-state index is 12.2. The summed E-state index contributed by atoms with van der Waals surface area (Å²) in [7, 11) is -5.71. The Morgan fingerprint density at radius 3 is 2.25 bits per heavy atom. The largest absolute Gasteiger partial charge is 0.534 e. The van der Waals surface area contributed by atoms with Crippen molar-refractivity contribution in [3.63, 3.8) is 0 Å². The van der Waals surface area contributed by atoms with E-state index in [2.05, 4.69) is 4.18 Å². The molecule has 0 aliphatic rings. The minimum atomic E-state index is -5.71. The van der Waals surface area contributed by atoms with Gasteiger partial charge in [-0.15, -0.1) is 0 Å². The van der Waals surface area contributed by atoms with Gasteiger partial charge in [-0.2, -0.15) is 21.6 Å². The molecule has 0 amide bonds. The molecule has 0 heterocycles. The van der Waals surface area contributed by atoms with Crippen molar-refractivity contribution in [1.29, 1.82) is 0 Å². The van der Waals surface area contributed by atoms with Gasteiger partial charge in [-0.05, 0) is 24.5 Å². The third-order valence-electron chi connectivity index (χ3n) is 2.47. The summed E-state index contributed by atoms with van der Waals surface area (Å²) in [6.45, 7) is 0.464. The second-order valence-corrected chi connectivity index (χ2v) is 5.50. The number of halogens is 3. The molecular formula is C12H13F3O4S. The lowest BCUT2D eigenvalue weighted by molar-refractivity contribution is -0.0522. The number of aliphatic hydroxyl groups is 1. The van der Waals surface area contributed by atoms with Crippen molar-refractivity contribution in [3.8, 4) is 0 Å². The molecule has 1 aromatic carbocycles. The summed E-state index contributed by atoms with van der Waals surface area (Å²) < 4.78 is 62.3. The molecule has 0 aliphatic heterocycles. The van der Waals surface area contributed by atoms with E-state index < -0.39 is 28.0 Å². The van der Waals surface area contributed by atoms with Crippen LogP contribution >= 0.6 is 0 Å². The fourth-order valence-corrected chi connectivity index (χ4v) is 1.95. The molecule has 0 saturated heterocycles. The minimum Gasteiger partial charge on any atom is -0.392 e. The molecule has 0 saturated carbocycles. The molecule has 0 aliphatic carbocycles. The molecule has 1 N–H and O–H groups in total. The van der Waals surface area contributed by atoms with Crippen LogP contribution in [0.5, 0.6) is 0 Å². The molecule has 1 aromatic rings. The quantitative estimate of drug-likeness (QED) is 0.515. The van der Waals surface area contributed by atoms with Gasteiger partial charge in [0.05, 0.1) is 6.61 Å². The van der Waals surface area contributed by atoms with E-state index in [1.54, 1.807) is 30.3 Å². The van der Waals surface area contributed by atoms with Crippen molar-refractivity contribution in [3.05, 3.63) is 47.2 Å². The number of hydrogen-bond donors (Lipinski definition) is 1. The number of rotatable bonds is 5. The van der Waals surface area contributed by atoms with Crippen LogP contribution in [0.3, 0.4) is 0 Å². The lowest BCUT2D eigenvalue weighted by atomic mass is 10.1. The van der Waals surface area contributed by atoms with Gasteiger partial charge in [0.2, 0.25) is 0 Å². The fourth-order valence-electron chi connectivity index (χ4n) is 1.40. The zero-order chi connectivity index (χ0) is 15.4. The van der Waals surface area contributed by atoms with Crippen LogP contribution in [-0.2, 0) is 20.7 Å². The molecule has 0 atom stereocenters. The third kappa shape index (κ3) is 4.24. The first-order valence-electron chi connectivity index (χ1n) is 5.51. The summed E-state index contributed by atoms with van der Waals surface area (Å²) in [5.41, 5.74) is -4.73. The van der Waals surface area contributed by atoms with E-state index in [1.165, 1.54) is 0 Å². The van der Waals surface area contributed by atoms with Crippen molar-refractivity contribution in [1.82, 2.24) is 0 Å². The molecule has 0 bridgehead atoms. The summed E-state index contributed by atoms with van der Waals surface area (Å²) in [5.74, 6) is -0.478. The Hall–Kier alpha value is -1.54. The molecule has 0 spiro atoms. The van der Waals surface area contributed by atoms with Gasteiger partial charge in [0.1, 0.15) is 5.76 Å². The van der Waals surface area contributed by atoms with Gasteiger partial charge in [-0.1, -0.05) is 30.3 Å². The highest BCUT2D eigenvalue weighted by Gasteiger charge is 2.48. The van der Waals surface area contributed by atoms with Gasteiger partial charge in [0.15, 0.2) is 0 Å². The standard InChI is InChI=1S/C12H13F3O4S/c1-9(19-20(17,18)12(13,14)15)11(8-16)7-10-5-3-2-4-6-10/h2-6,16H,7-8H2,1H3/b11-9-. The van der Waals surface area contributed by atoms with E-state index in [0.717, 1.165) is 6.92 Å². The molecule has 0 aromatic heterocycles. The van der Waals surface area contributed by atoms with Gasteiger partial charge in [-0.25, -0.2) is 0 Å². The summed E-state index contributed by atoms with van der Waals surface area (Å²) in [4.78, 5) is 0. The van der Waals surface area contributed by atoms with Crippen LogP contribution in [0, 0.1) is 0 Å². The number of aliphatic hydroxyl groups excluding tert-OH is 1. The Kier molecular flexibility index (Phi) is 5.18. The van der Waals surface area contributed by atoms with Gasteiger partial charge in [0, 0.05) is 0 Å². The van der Waals surface area contributed by atoms with E-state index in [0.29, 0.717) is 5.56 Å². The lowest BCUT2D eigenvalue weighted by Gasteiger charge is -2.13. The van der Waals surface area contributed by atoms with Gasteiger partial charge in [-0.3, -0.25) is 0 Å². The summed E-state index contributed by atoms with van der Waals surface area (Å²) >= 11 is 0. The monoisotopic (exact) mass is 310 g/mol. The van der Waals surface area contributed by atoms with Gasteiger partial charge >= 0.3 is 15.6 Å². The molecule has 0 radical (unpaired) electrons. The van der Waals surface area contributed by atoms with E-state index in [1.807, 2.05) is 0 Å². The highest BCUT2D eigenvalue weighted by molar-refractivity contribution is 7.87. The van der Waals surface area contributed by atoms with E-state index in [9.17, 15) is 21.6 Å². The van der Waals surface area contributed by atoms with Crippen LogP contribution in [0.15, 0.2) is 41.7 Å². The molecular weight excluding hydrogens is 297 g/mol. The van der Waals surface area contributed by atoms with Crippen molar-refractivity contribution < 1.29 is 30.9 Å². The minimum absolute atomic E-state index is 0.0593. The Morgan fingerprint density at radius 1 is 1.25 bits per heavy atom. The predicted molar refractivity (Wildman–Crippen MR) is 66.0 cm³/mol. The molecule has 4 nitrogen and oxygen atoms in total. The smallest absolute Gasteiger partial charge is 0.392 e. The molecule has 8 heteroatoms. The van der Waals surface area contributed by atoms with Crippen LogP contribution in [0.1, 0.15) is 12.5 Å². The Labute approximate surface area is 114 Å².